The highest BCUT2D eigenvalue weighted by Gasteiger charge is 2.01. The molecule has 0 unspecified atom stereocenters. The number of unbranched alkanes of at least 4 members (excludes halogenated alkanes) is 13. The normalized spacial score (nSPS) is 11.0. The summed E-state index contributed by atoms with van der Waals surface area (Å²) in [6, 6.07) is 7.78. The minimum Gasteiger partial charge on any atom is -0.479 e. The van der Waals surface area contributed by atoms with Gasteiger partial charge in [0.2, 0.25) is 0 Å². The number of nitrogens with one attached hydrogen (secondary N) is 1. The summed E-state index contributed by atoms with van der Waals surface area (Å²) in [5, 5.41) is 11.9. The van der Waals surface area contributed by atoms with Crippen LogP contribution in [-0.4, -0.2) is 30.2 Å². The molecule has 0 saturated heterocycles. The lowest BCUT2D eigenvalue weighted by Gasteiger charge is -2.07. The van der Waals surface area contributed by atoms with Gasteiger partial charge in [-0.05, 0) is 30.2 Å². The maximum absolute atomic E-state index is 11.4. The van der Waals surface area contributed by atoms with Gasteiger partial charge in [-0.15, -0.1) is 0 Å². The summed E-state index contributed by atoms with van der Waals surface area (Å²) in [7, 11) is 0. The van der Waals surface area contributed by atoms with E-state index in [4.69, 9.17) is 5.11 Å². The van der Waals surface area contributed by atoms with Gasteiger partial charge >= 0.3 is 11.9 Å². The molecule has 0 aliphatic heterocycles. The van der Waals surface area contributed by atoms with Gasteiger partial charge in [-0.1, -0.05) is 103 Å². The van der Waals surface area contributed by atoms with E-state index in [9.17, 15) is 9.59 Å². The number of carbonyl (C=O) groups is 2. The van der Waals surface area contributed by atoms with E-state index in [1.807, 2.05) is 24.3 Å². The average molecular weight is 446 g/mol. The first-order valence-corrected chi connectivity index (χ1v) is 12.5. The molecule has 0 radical (unpaired) electrons. The molecule has 0 amide bonds. The van der Waals surface area contributed by atoms with E-state index >= 15 is 0 Å². The summed E-state index contributed by atoms with van der Waals surface area (Å²) in [4.78, 5) is 21.7. The van der Waals surface area contributed by atoms with Crippen LogP contribution in [0.25, 0.3) is 6.08 Å². The van der Waals surface area contributed by atoms with Crippen LogP contribution >= 0.6 is 0 Å². The Morgan fingerprint density at radius 3 is 1.81 bits per heavy atom. The highest BCUT2D eigenvalue weighted by Crippen LogP contribution is 2.14. The summed E-state index contributed by atoms with van der Waals surface area (Å²) < 4.78 is 4.55. The molecule has 0 fully saturated rings. The molecule has 0 aliphatic carbocycles. The van der Waals surface area contributed by atoms with Crippen LogP contribution in [-0.2, 0) is 14.3 Å². The third-order valence-electron chi connectivity index (χ3n) is 5.52. The molecule has 5 nitrogen and oxygen atoms in total. The van der Waals surface area contributed by atoms with Crippen molar-refractivity contribution >= 4 is 23.7 Å². The second-order valence-electron chi connectivity index (χ2n) is 8.48. The first-order chi connectivity index (χ1) is 15.6. The lowest BCUT2D eigenvalue weighted by Crippen LogP contribution is -2.10. The molecule has 1 aromatic rings. The number of hydrogen-bond acceptors (Lipinski definition) is 4. The number of ether oxygens (including phenoxy) is 1. The van der Waals surface area contributed by atoms with Crippen LogP contribution < -0.4 is 5.32 Å². The molecular formula is C27H43NO4. The number of anilines is 1. The van der Waals surface area contributed by atoms with Crippen molar-refractivity contribution in [3.63, 3.8) is 0 Å². The van der Waals surface area contributed by atoms with Gasteiger partial charge in [-0.3, -0.25) is 0 Å². The van der Waals surface area contributed by atoms with E-state index in [2.05, 4.69) is 17.0 Å². The quantitative estimate of drug-likeness (QED) is 0.126. The molecule has 0 saturated carbocycles. The summed E-state index contributed by atoms with van der Waals surface area (Å²) in [5.41, 5.74) is 1.92. The van der Waals surface area contributed by atoms with Crippen LogP contribution in [0.2, 0.25) is 0 Å². The van der Waals surface area contributed by atoms with Crippen LogP contribution in [0.3, 0.4) is 0 Å². The van der Waals surface area contributed by atoms with Gasteiger partial charge in [0.25, 0.3) is 0 Å². The van der Waals surface area contributed by atoms with E-state index in [0.717, 1.165) is 17.8 Å². The van der Waals surface area contributed by atoms with Crippen LogP contribution in [0.5, 0.6) is 0 Å². The van der Waals surface area contributed by atoms with Crippen molar-refractivity contribution in [1.82, 2.24) is 0 Å². The van der Waals surface area contributed by atoms with Crippen molar-refractivity contribution in [2.75, 3.05) is 18.5 Å². The van der Waals surface area contributed by atoms with E-state index < -0.39 is 18.5 Å². The van der Waals surface area contributed by atoms with E-state index in [1.165, 1.54) is 96.0 Å². The van der Waals surface area contributed by atoms with Gasteiger partial charge in [0, 0.05) is 18.3 Å². The van der Waals surface area contributed by atoms with Gasteiger partial charge in [0.1, 0.15) is 0 Å². The fourth-order valence-electron chi connectivity index (χ4n) is 3.61. The van der Waals surface area contributed by atoms with E-state index in [-0.39, 0.29) is 0 Å². The zero-order chi connectivity index (χ0) is 23.3. The minimum atomic E-state index is -1.17. The first kappa shape index (κ1) is 27.7. The Bertz CT molecular complexity index is 640. The summed E-state index contributed by atoms with van der Waals surface area (Å²) in [5.74, 6) is -1.83. The predicted molar refractivity (Wildman–Crippen MR) is 133 cm³/mol. The molecule has 2 N–H and O–H groups in total. The van der Waals surface area contributed by atoms with Crippen LogP contribution in [0.1, 0.15) is 102 Å². The highest BCUT2D eigenvalue weighted by atomic mass is 16.5. The maximum Gasteiger partial charge on any atom is 0.341 e. The number of benzene rings is 1. The molecule has 0 heterocycles. The van der Waals surface area contributed by atoms with Gasteiger partial charge in [-0.2, -0.15) is 0 Å². The Hall–Kier alpha value is -2.30. The Kier molecular flexibility index (Phi) is 16.8. The summed E-state index contributed by atoms with van der Waals surface area (Å²) >= 11 is 0. The Balaban J connectivity index is 1.97. The number of hydrogen-bond donors (Lipinski definition) is 2. The summed E-state index contributed by atoms with van der Waals surface area (Å²) in [6.07, 6.45) is 22.0. The van der Waals surface area contributed by atoms with E-state index in [1.54, 1.807) is 6.08 Å². The fourth-order valence-corrected chi connectivity index (χ4v) is 3.61. The van der Waals surface area contributed by atoms with Crippen molar-refractivity contribution < 1.29 is 19.4 Å². The molecule has 0 atom stereocenters. The Morgan fingerprint density at radius 2 is 1.31 bits per heavy atom. The van der Waals surface area contributed by atoms with Gasteiger partial charge < -0.3 is 15.2 Å². The van der Waals surface area contributed by atoms with E-state index in [0.29, 0.717) is 0 Å². The third-order valence-corrected chi connectivity index (χ3v) is 5.52. The third kappa shape index (κ3) is 16.4. The van der Waals surface area contributed by atoms with Gasteiger partial charge in [0.05, 0.1) is 0 Å². The molecule has 0 aliphatic rings. The van der Waals surface area contributed by atoms with Crippen LogP contribution in [0, 0.1) is 0 Å². The molecule has 0 bridgehead atoms. The van der Waals surface area contributed by atoms with Crippen molar-refractivity contribution in [3.8, 4) is 0 Å². The van der Waals surface area contributed by atoms with Crippen molar-refractivity contribution in [2.45, 2.75) is 96.8 Å². The number of aliphatic carboxylic acids is 1. The second-order valence-corrected chi connectivity index (χ2v) is 8.48. The Morgan fingerprint density at radius 1 is 0.812 bits per heavy atom. The molecule has 180 valence electrons. The minimum absolute atomic E-state index is 0.620. The average Bonchev–Trinajstić information content (AvgIpc) is 2.79. The molecule has 32 heavy (non-hydrogen) atoms. The standard InChI is InChI=1S/C27H43NO4/c1-2-3-4-5-6-7-8-9-10-11-12-13-14-15-22-28-25-19-16-24(17-20-25)18-21-27(31)32-23-26(29)30/h16-21,28H,2-15,22-23H2,1H3,(H,29,30). The van der Waals surface area contributed by atoms with Crippen molar-refractivity contribution in [1.29, 1.82) is 0 Å². The lowest BCUT2D eigenvalue weighted by atomic mass is 10.0. The van der Waals surface area contributed by atoms with Crippen molar-refractivity contribution in [2.24, 2.45) is 0 Å². The molecule has 1 rings (SSSR count). The molecule has 0 aromatic heterocycles. The molecule has 1 aromatic carbocycles. The number of carboxylic acids is 1. The second kappa shape index (κ2) is 19.4. The predicted octanol–water partition coefficient (Wildman–Crippen LogP) is 7.22. The fraction of sp³-hybridized carbons (Fsp3) is 0.630. The Labute approximate surface area is 194 Å². The molecule has 5 heteroatoms. The largest absolute Gasteiger partial charge is 0.479 e. The van der Waals surface area contributed by atoms with Crippen LogP contribution in [0.4, 0.5) is 5.69 Å². The zero-order valence-corrected chi connectivity index (χ0v) is 19.9. The SMILES string of the molecule is CCCCCCCCCCCCCCCCNc1ccc(C=CC(=O)OCC(=O)O)cc1. The topological polar surface area (TPSA) is 75.6 Å². The van der Waals surface area contributed by atoms with Crippen LogP contribution in [0.15, 0.2) is 30.3 Å². The highest BCUT2D eigenvalue weighted by molar-refractivity contribution is 5.88. The number of rotatable bonds is 20. The maximum atomic E-state index is 11.4. The number of carbonyl (C=O) groups excluding carboxylic acids is 1. The molecule has 0 spiro atoms. The number of carboxylic acid groups (broad SMARTS) is 1. The lowest BCUT2D eigenvalue weighted by molar-refractivity contribution is -0.151. The smallest absolute Gasteiger partial charge is 0.341 e. The van der Waals surface area contributed by atoms with Gasteiger partial charge in [0.15, 0.2) is 6.61 Å². The monoisotopic (exact) mass is 445 g/mol. The number of esters is 1. The molecular weight excluding hydrogens is 402 g/mol. The zero-order valence-electron chi connectivity index (χ0n) is 19.9. The van der Waals surface area contributed by atoms with Crippen molar-refractivity contribution in [3.05, 3.63) is 35.9 Å². The van der Waals surface area contributed by atoms with Gasteiger partial charge in [-0.25, -0.2) is 9.59 Å². The summed E-state index contributed by atoms with van der Waals surface area (Å²) in [6.45, 7) is 2.62. The first-order valence-electron chi connectivity index (χ1n) is 12.5.